The summed E-state index contributed by atoms with van der Waals surface area (Å²) in [5.41, 5.74) is 4.67. The molecule has 0 spiro atoms. The molecular weight excluding hydrogens is 408 g/mol. The van der Waals surface area contributed by atoms with E-state index in [1.165, 1.54) is 0 Å². The molecule has 1 fully saturated rings. The van der Waals surface area contributed by atoms with E-state index in [9.17, 15) is 9.90 Å². The number of hydrogen-bond donors (Lipinski definition) is 3. The minimum atomic E-state index is -0.153. The van der Waals surface area contributed by atoms with Crippen molar-refractivity contribution in [2.24, 2.45) is 7.05 Å². The molecule has 0 unspecified atom stereocenters. The number of aryl methyl sites for hydroxylation is 2. The molecule has 0 radical (unpaired) electrons. The summed E-state index contributed by atoms with van der Waals surface area (Å²) in [6.45, 7) is 2.83. The van der Waals surface area contributed by atoms with Gasteiger partial charge in [-0.3, -0.25) is 9.48 Å². The molecular formula is C24H24N4O2S. The lowest BCUT2D eigenvalue weighted by molar-refractivity contribution is -0.117. The molecule has 2 heterocycles. The third-order valence-electron chi connectivity index (χ3n) is 4.97. The van der Waals surface area contributed by atoms with E-state index in [-0.39, 0.29) is 17.7 Å². The lowest BCUT2D eigenvalue weighted by Gasteiger charge is -2.22. The molecule has 0 bridgehead atoms. The van der Waals surface area contributed by atoms with Crippen LogP contribution in [0, 0.1) is 18.8 Å². The summed E-state index contributed by atoms with van der Waals surface area (Å²) in [6, 6.07) is 12.8. The number of benzene rings is 2. The first kappa shape index (κ1) is 21.0. The zero-order valence-corrected chi connectivity index (χ0v) is 18.3. The Morgan fingerprint density at radius 3 is 2.81 bits per heavy atom. The molecule has 158 valence electrons. The number of rotatable bonds is 3. The van der Waals surface area contributed by atoms with Gasteiger partial charge in [0.1, 0.15) is 11.4 Å². The van der Waals surface area contributed by atoms with Crippen molar-refractivity contribution < 1.29 is 9.90 Å². The van der Waals surface area contributed by atoms with E-state index < -0.39 is 0 Å². The molecule has 1 amide bonds. The van der Waals surface area contributed by atoms with Crippen molar-refractivity contribution >= 4 is 23.4 Å². The first-order chi connectivity index (χ1) is 15.0. The number of aromatic hydroxyl groups is 1. The molecule has 31 heavy (non-hydrogen) atoms. The van der Waals surface area contributed by atoms with Crippen molar-refractivity contribution in [3.05, 3.63) is 65.4 Å². The quantitative estimate of drug-likeness (QED) is 0.554. The highest BCUT2D eigenvalue weighted by Crippen LogP contribution is 2.31. The van der Waals surface area contributed by atoms with Crippen LogP contribution in [0.4, 0.5) is 5.69 Å². The van der Waals surface area contributed by atoms with Crippen LogP contribution in [0.1, 0.15) is 16.7 Å². The van der Waals surface area contributed by atoms with Crippen molar-refractivity contribution in [2.45, 2.75) is 13.0 Å². The van der Waals surface area contributed by atoms with E-state index in [1.54, 1.807) is 22.5 Å². The summed E-state index contributed by atoms with van der Waals surface area (Å²) in [5, 5.41) is 20.9. The maximum atomic E-state index is 12.3. The maximum Gasteiger partial charge on any atom is 0.242 e. The average Bonchev–Trinajstić information content (AvgIpc) is 3.15. The molecule has 7 heteroatoms. The largest absolute Gasteiger partial charge is 0.507 e. The Kier molecular flexibility index (Phi) is 6.31. The summed E-state index contributed by atoms with van der Waals surface area (Å²) < 4.78 is 1.69. The van der Waals surface area contributed by atoms with Gasteiger partial charge in [0.15, 0.2) is 0 Å². The van der Waals surface area contributed by atoms with E-state index in [0.29, 0.717) is 11.3 Å². The Balaban J connectivity index is 1.51. The minimum Gasteiger partial charge on any atom is -0.507 e. The van der Waals surface area contributed by atoms with Gasteiger partial charge in [-0.25, -0.2) is 0 Å². The summed E-state index contributed by atoms with van der Waals surface area (Å²) >= 11 is 1.79. The fraction of sp³-hybridized carbons (Fsp3) is 0.250. The molecule has 1 aliphatic rings. The molecule has 1 atom stereocenters. The maximum absolute atomic E-state index is 12.3. The van der Waals surface area contributed by atoms with Crippen molar-refractivity contribution in [3.8, 4) is 28.8 Å². The van der Waals surface area contributed by atoms with E-state index in [4.69, 9.17) is 0 Å². The normalized spacial score (nSPS) is 15.7. The highest BCUT2D eigenvalue weighted by molar-refractivity contribution is 7.99. The third-order valence-corrected chi connectivity index (χ3v) is 6.03. The Bertz CT molecular complexity index is 1150. The lowest BCUT2D eigenvalue weighted by Crippen LogP contribution is -2.46. The minimum absolute atomic E-state index is 0.0102. The van der Waals surface area contributed by atoms with Gasteiger partial charge in [-0.05, 0) is 43.3 Å². The zero-order valence-electron chi connectivity index (χ0n) is 17.5. The molecule has 2 aromatic carbocycles. The number of phenolic OH excluding ortho intramolecular Hbond substituents is 1. The van der Waals surface area contributed by atoms with Crippen molar-refractivity contribution in [3.63, 3.8) is 0 Å². The van der Waals surface area contributed by atoms with Crippen LogP contribution in [0.25, 0.3) is 11.3 Å². The van der Waals surface area contributed by atoms with Crippen molar-refractivity contribution in [1.29, 1.82) is 0 Å². The van der Waals surface area contributed by atoms with Crippen LogP contribution in [0.3, 0.4) is 0 Å². The monoisotopic (exact) mass is 432 g/mol. The van der Waals surface area contributed by atoms with E-state index in [0.717, 1.165) is 40.4 Å². The number of carbonyl (C=O) groups is 1. The Morgan fingerprint density at radius 2 is 2.06 bits per heavy atom. The second-order valence-corrected chi connectivity index (χ2v) is 8.63. The fourth-order valence-corrected chi connectivity index (χ4v) is 4.29. The molecule has 1 aliphatic heterocycles. The highest BCUT2D eigenvalue weighted by atomic mass is 32.2. The van der Waals surface area contributed by atoms with Crippen LogP contribution in [-0.2, 0) is 11.8 Å². The lowest BCUT2D eigenvalue weighted by atomic mass is 10.0. The molecule has 3 N–H and O–H groups in total. The van der Waals surface area contributed by atoms with E-state index in [2.05, 4.69) is 27.6 Å². The van der Waals surface area contributed by atoms with Gasteiger partial charge in [-0.1, -0.05) is 23.5 Å². The smallest absolute Gasteiger partial charge is 0.242 e. The predicted octanol–water partition coefficient (Wildman–Crippen LogP) is 3.14. The second kappa shape index (κ2) is 9.29. The number of nitrogens with one attached hydrogen (secondary N) is 2. The van der Waals surface area contributed by atoms with Gasteiger partial charge in [0.05, 0.1) is 11.6 Å². The standard InChI is InChI=1S/C24H24N4O2S/c1-16-3-10-22(29)20(13-16)23-18(14-28(2)27-23)7-4-17-5-8-19(9-6-17)26-24(30)21-15-31-12-11-25-21/h3,5-6,8-10,13-14,21,25,29H,11-12,15H2,1-2H3,(H,26,30)/t21-/m0/s1. The topological polar surface area (TPSA) is 79.2 Å². The Morgan fingerprint density at radius 1 is 1.26 bits per heavy atom. The summed E-state index contributed by atoms with van der Waals surface area (Å²) in [5.74, 6) is 8.31. The SMILES string of the molecule is Cc1ccc(O)c(-c2nn(C)cc2C#Cc2ccc(NC(=O)[C@@H]3CSCCN3)cc2)c1. The van der Waals surface area contributed by atoms with Gasteiger partial charge in [-0.2, -0.15) is 16.9 Å². The number of thioether (sulfide) groups is 1. The van der Waals surface area contributed by atoms with Crippen LogP contribution >= 0.6 is 11.8 Å². The number of anilines is 1. The van der Waals surface area contributed by atoms with Gasteiger partial charge in [0.2, 0.25) is 5.91 Å². The summed E-state index contributed by atoms with van der Waals surface area (Å²) in [7, 11) is 1.83. The molecule has 1 saturated heterocycles. The molecule has 6 nitrogen and oxygen atoms in total. The first-order valence-electron chi connectivity index (χ1n) is 10.1. The van der Waals surface area contributed by atoms with E-state index >= 15 is 0 Å². The number of phenols is 1. The van der Waals surface area contributed by atoms with Gasteiger partial charge in [0, 0.05) is 48.1 Å². The van der Waals surface area contributed by atoms with Gasteiger partial charge in [-0.15, -0.1) is 0 Å². The fourth-order valence-electron chi connectivity index (χ4n) is 3.36. The molecule has 0 saturated carbocycles. The zero-order chi connectivity index (χ0) is 21.8. The number of carbonyl (C=O) groups excluding carboxylic acids is 1. The second-order valence-electron chi connectivity index (χ2n) is 7.48. The highest BCUT2D eigenvalue weighted by Gasteiger charge is 2.20. The van der Waals surface area contributed by atoms with Crippen LogP contribution in [0.15, 0.2) is 48.7 Å². The molecule has 1 aromatic heterocycles. The molecule has 4 rings (SSSR count). The molecule has 0 aliphatic carbocycles. The first-order valence-corrected chi connectivity index (χ1v) is 11.2. The number of amides is 1. The average molecular weight is 433 g/mol. The molecule has 3 aromatic rings. The van der Waals surface area contributed by atoms with Crippen LogP contribution in [-0.4, -0.2) is 44.9 Å². The van der Waals surface area contributed by atoms with Gasteiger partial charge in [0.25, 0.3) is 0 Å². The summed E-state index contributed by atoms with van der Waals surface area (Å²) in [4.78, 5) is 12.3. The summed E-state index contributed by atoms with van der Waals surface area (Å²) in [6.07, 6.45) is 1.84. The Hall–Kier alpha value is -3.21. The van der Waals surface area contributed by atoms with Crippen LogP contribution < -0.4 is 10.6 Å². The third kappa shape index (κ3) is 5.10. The van der Waals surface area contributed by atoms with Crippen molar-refractivity contribution in [2.75, 3.05) is 23.4 Å². The van der Waals surface area contributed by atoms with Gasteiger partial charge >= 0.3 is 0 Å². The van der Waals surface area contributed by atoms with Gasteiger partial charge < -0.3 is 15.7 Å². The van der Waals surface area contributed by atoms with E-state index in [1.807, 2.05) is 56.6 Å². The number of nitrogens with zero attached hydrogens (tertiary/aromatic N) is 2. The van der Waals surface area contributed by atoms with Crippen LogP contribution in [0.5, 0.6) is 5.75 Å². The Labute approximate surface area is 186 Å². The van der Waals surface area contributed by atoms with Crippen LogP contribution in [0.2, 0.25) is 0 Å². The predicted molar refractivity (Wildman–Crippen MR) is 125 cm³/mol. The van der Waals surface area contributed by atoms with Crippen molar-refractivity contribution in [1.82, 2.24) is 15.1 Å². The number of hydrogen-bond acceptors (Lipinski definition) is 5. The number of aromatic nitrogens is 2.